The summed E-state index contributed by atoms with van der Waals surface area (Å²) in [6.07, 6.45) is 1.41. The van der Waals surface area contributed by atoms with Gasteiger partial charge in [0.1, 0.15) is 12.0 Å². The molecule has 5 nitrogen and oxygen atoms in total. The number of likely N-dealkylation sites (tertiary alicyclic amines) is 1. The molecule has 1 fully saturated rings. The number of aliphatic carboxylic acids is 1. The first-order chi connectivity index (χ1) is 11.0. The van der Waals surface area contributed by atoms with Gasteiger partial charge >= 0.3 is 5.97 Å². The van der Waals surface area contributed by atoms with E-state index >= 15 is 0 Å². The minimum atomic E-state index is -0.899. The van der Waals surface area contributed by atoms with Crippen LogP contribution >= 0.6 is 11.6 Å². The van der Waals surface area contributed by atoms with Crippen molar-refractivity contribution < 1.29 is 19.1 Å². The number of hydrogen-bond donors (Lipinski definition) is 1. The third kappa shape index (κ3) is 3.10. The van der Waals surface area contributed by atoms with Crippen LogP contribution in [0.15, 0.2) is 41.0 Å². The number of aryl methyl sites for hydroxylation is 1. The first kappa shape index (κ1) is 15.6. The molecule has 0 saturated carbocycles. The molecule has 1 aromatic heterocycles. The number of amides is 1. The Hall–Kier alpha value is -2.27. The van der Waals surface area contributed by atoms with Crippen LogP contribution in [0.5, 0.6) is 0 Å². The quantitative estimate of drug-likeness (QED) is 0.936. The number of benzene rings is 1. The Morgan fingerprint density at radius 2 is 1.96 bits per heavy atom. The van der Waals surface area contributed by atoms with Gasteiger partial charge in [-0.2, -0.15) is 0 Å². The maximum absolute atomic E-state index is 12.5. The van der Waals surface area contributed by atoms with Gasteiger partial charge in [-0.15, -0.1) is 0 Å². The Labute approximate surface area is 138 Å². The zero-order chi connectivity index (χ0) is 16.6. The highest BCUT2D eigenvalue weighted by molar-refractivity contribution is 6.30. The summed E-state index contributed by atoms with van der Waals surface area (Å²) in [5, 5.41) is 10.1. The predicted octanol–water partition coefficient (Wildman–Crippen LogP) is 3.18. The Morgan fingerprint density at radius 3 is 2.52 bits per heavy atom. The molecule has 2 atom stereocenters. The van der Waals surface area contributed by atoms with Crippen LogP contribution in [0.3, 0.4) is 0 Å². The molecule has 0 aliphatic carbocycles. The van der Waals surface area contributed by atoms with Crippen LogP contribution in [0.4, 0.5) is 0 Å². The molecule has 1 aliphatic heterocycles. The van der Waals surface area contributed by atoms with E-state index in [4.69, 9.17) is 16.0 Å². The van der Waals surface area contributed by atoms with Gasteiger partial charge in [-0.05, 0) is 30.7 Å². The average molecular weight is 334 g/mol. The first-order valence-electron chi connectivity index (χ1n) is 7.28. The van der Waals surface area contributed by atoms with Crippen molar-refractivity contribution in [2.24, 2.45) is 5.92 Å². The Kier molecular flexibility index (Phi) is 4.13. The molecule has 1 aromatic carbocycles. The summed E-state index contributed by atoms with van der Waals surface area (Å²) in [5.41, 5.74) is 1.32. The predicted molar refractivity (Wildman–Crippen MR) is 84.7 cm³/mol. The summed E-state index contributed by atoms with van der Waals surface area (Å²) in [6.45, 7) is 2.31. The number of carbonyl (C=O) groups excluding carboxylic acids is 1. The molecule has 0 bridgehead atoms. The van der Waals surface area contributed by atoms with Crippen molar-refractivity contribution in [3.05, 3.63) is 58.5 Å². The lowest BCUT2D eigenvalue weighted by molar-refractivity contribution is -0.141. The molecule has 1 amide bonds. The van der Waals surface area contributed by atoms with Gasteiger partial charge < -0.3 is 14.4 Å². The van der Waals surface area contributed by atoms with Crippen molar-refractivity contribution in [3.63, 3.8) is 0 Å². The lowest BCUT2D eigenvalue weighted by atomic mass is 9.89. The van der Waals surface area contributed by atoms with E-state index in [1.165, 1.54) is 6.26 Å². The SMILES string of the molecule is Cc1cc(C(=O)N2C[C@@H](C(=O)O)[C@H](c3ccc(Cl)cc3)C2)co1. The van der Waals surface area contributed by atoms with Crippen LogP contribution in [0, 0.1) is 12.8 Å². The summed E-state index contributed by atoms with van der Waals surface area (Å²) in [4.78, 5) is 25.7. The summed E-state index contributed by atoms with van der Waals surface area (Å²) >= 11 is 5.89. The highest BCUT2D eigenvalue weighted by Gasteiger charge is 2.40. The molecule has 0 radical (unpaired) electrons. The van der Waals surface area contributed by atoms with Gasteiger partial charge in [0.25, 0.3) is 5.91 Å². The molecule has 0 unspecified atom stereocenters. The number of rotatable bonds is 3. The average Bonchev–Trinajstić information content (AvgIpc) is 3.14. The van der Waals surface area contributed by atoms with E-state index in [9.17, 15) is 14.7 Å². The summed E-state index contributed by atoms with van der Waals surface area (Å²) in [5.74, 6) is -1.33. The summed E-state index contributed by atoms with van der Waals surface area (Å²) in [7, 11) is 0. The number of nitrogens with zero attached hydrogens (tertiary/aromatic N) is 1. The van der Waals surface area contributed by atoms with Gasteiger partial charge in [-0.3, -0.25) is 9.59 Å². The third-order valence-corrected chi connectivity index (χ3v) is 4.45. The largest absolute Gasteiger partial charge is 0.481 e. The van der Waals surface area contributed by atoms with Crippen LogP contribution in [-0.2, 0) is 4.79 Å². The van der Waals surface area contributed by atoms with Crippen molar-refractivity contribution in [2.45, 2.75) is 12.8 Å². The Bertz CT molecular complexity index is 737. The lowest BCUT2D eigenvalue weighted by Crippen LogP contribution is -2.29. The second-order valence-corrected chi connectivity index (χ2v) is 6.20. The summed E-state index contributed by atoms with van der Waals surface area (Å²) < 4.78 is 5.17. The fourth-order valence-electron chi connectivity index (χ4n) is 3.01. The third-order valence-electron chi connectivity index (χ3n) is 4.20. The number of carboxylic acid groups (broad SMARTS) is 1. The van der Waals surface area contributed by atoms with Crippen molar-refractivity contribution in [1.29, 1.82) is 0 Å². The van der Waals surface area contributed by atoms with Gasteiger partial charge in [0, 0.05) is 24.0 Å². The van der Waals surface area contributed by atoms with E-state index in [1.54, 1.807) is 30.0 Å². The standard InChI is InChI=1S/C17H16ClNO4/c1-10-6-12(9-23-10)16(20)19-7-14(15(8-19)17(21)22)11-2-4-13(18)5-3-11/h2-6,9,14-15H,7-8H2,1H3,(H,21,22)/t14-,15+/m0/s1. The van der Waals surface area contributed by atoms with Crippen LogP contribution in [-0.4, -0.2) is 35.0 Å². The monoisotopic (exact) mass is 333 g/mol. The van der Waals surface area contributed by atoms with E-state index in [0.717, 1.165) is 5.56 Å². The van der Waals surface area contributed by atoms with Gasteiger partial charge in [0.2, 0.25) is 0 Å². The maximum atomic E-state index is 12.5. The van der Waals surface area contributed by atoms with Gasteiger partial charge in [-0.25, -0.2) is 0 Å². The molecule has 2 aromatic rings. The number of furan rings is 1. The van der Waals surface area contributed by atoms with Crippen molar-refractivity contribution in [3.8, 4) is 0 Å². The topological polar surface area (TPSA) is 70.8 Å². The second-order valence-electron chi connectivity index (χ2n) is 5.76. The minimum absolute atomic E-state index is 0.186. The van der Waals surface area contributed by atoms with Crippen LogP contribution < -0.4 is 0 Å². The first-order valence-corrected chi connectivity index (χ1v) is 7.66. The van der Waals surface area contributed by atoms with Crippen molar-refractivity contribution >= 4 is 23.5 Å². The van der Waals surface area contributed by atoms with E-state index in [1.807, 2.05) is 12.1 Å². The zero-order valence-corrected chi connectivity index (χ0v) is 13.3. The molecule has 6 heteroatoms. The Morgan fingerprint density at radius 1 is 1.26 bits per heavy atom. The molecule has 1 aliphatic rings. The molecule has 2 heterocycles. The highest BCUT2D eigenvalue weighted by Crippen LogP contribution is 2.34. The number of carbonyl (C=O) groups is 2. The van der Waals surface area contributed by atoms with Crippen LogP contribution in [0.25, 0.3) is 0 Å². The van der Waals surface area contributed by atoms with E-state index in [-0.39, 0.29) is 18.4 Å². The Balaban J connectivity index is 1.85. The summed E-state index contributed by atoms with van der Waals surface area (Å²) in [6, 6.07) is 8.77. The van der Waals surface area contributed by atoms with E-state index < -0.39 is 11.9 Å². The molecule has 23 heavy (non-hydrogen) atoms. The molecule has 0 spiro atoms. The fourth-order valence-corrected chi connectivity index (χ4v) is 3.13. The molecule has 1 N–H and O–H groups in total. The molecule has 1 saturated heterocycles. The molecule has 3 rings (SSSR count). The zero-order valence-electron chi connectivity index (χ0n) is 12.5. The van der Waals surface area contributed by atoms with Crippen LogP contribution in [0.1, 0.15) is 27.6 Å². The fraction of sp³-hybridized carbons (Fsp3) is 0.294. The smallest absolute Gasteiger partial charge is 0.308 e. The van der Waals surface area contributed by atoms with E-state index in [0.29, 0.717) is 22.9 Å². The lowest BCUT2D eigenvalue weighted by Gasteiger charge is -2.15. The van der Waals surface area contributed by atoms with E-state index in [2.05, 4.69) is 0 Å². The second kappa shape index (κ2) is 6.08. The number of halogens is 1. The van der Waals surface area contributed by atoms with Gasteiger partial charge in [0.05, 0.1) is 11.5 Å². The van der Waals surface area contributed by atoms with Gasteiger partial charge in [-0.1, -0.05) is 23.7 Å². The molecule has 120 valence electrons. The maximum Gasteiger partial charge on any atom is 0.308 e. The van der Waals surface area contributed by atoms with Gasteiger partial charge in [0.15, 0.2) is 0 Å². The van der Waals surface area contributed by atoms with Crippen molar-refractivity contribution in [2.75, 3.05) is 13.1 Å². The number of carboxylic acids is 1. The highest BCUT2D eigenvalue weighted by atomic mass is 35.5. The van der Waals surface area contributed by atoms with Crippen LogP contribution in [0.2, 0.25) is 5.02 Å². The normalized spacial score (nSPS) is 20.7. The molecular formula is C17H16ClNO4. The molecular weight excluding hydrogens is 318 g/mol. The minimum Gasteiger partial charge on any atom is -0.481 e. The van der Waals surface area contributed by atoms with Crippen molar-refractivity contribution in [1.82, 2.24) is 4.90 Å². The number of hydrogen-bond acceptors (Lipinski definition) is 3.